The summed E-state index contributed by atoms with van der Waals surface area (Å²) in [6, 6.07) is 2.09. The Bertz CT molecular complexity index is 496. The molecule has 0 radical (unpaired) electrons. The van der Waals surface area contributed by atoms with Crippen molar-refractivity contribution in [3.8, 4) is 10.7 Å². The van der Waals surface area contributed by atoms with Crippen molar-refractivity contribution in [2.45, 2.75) is 18.8 Å². The maximum absolute atomic E-state index is 5.54. The zero-order valence-electron chi connectivity index (χ0n) is 8.34. The summed E-state index contributed by atoms with van der Waals surface area (Å²) in [5.41, 5.74) is 7.72. The number of rotatable bonds is 2. The van der Waals surface area contributed by atoms with Crippen LogP contribution in [0.5, 0.6) is 0 Å². The van der Waals surface area contributed by atoms with Crippen LogP contribution in [0.15, 0.2) is 6.07 Å². The minimum Gasteiger partial charge on any atom is -0.374 e. The molecule has 0 aromatic carbocycles. The van der Waals surface area contributed by atoms with Crippen molar-refractivity contribution in [1.29, 1.82) is 0 Å². The van der Waals surface area contributed by atoms with E-state index in [2.05, 4.69) is 21.4 Å². The van der Waals surface area contributed by atoms with Crippen molar-refractivity contribution in [2.24, 2.45) is 7.05 Å². The van der Waals surface area contributed by atoms with E-state index in [-0.39, 0.29) is 0 Å². The Morgan fingerprint density at radius 3 is 2.87 bits per heavy atom. The second-order valence-electron chi connectivity index (χ2n) is 3.80. The molecule has 0 atom stereocenters. The van der Waals surface area contributed by atoms with Crippen LogP contribution in [0.1, 0.15) is 24.5 Å². The van der Waals surface area contributed by atoms with Gasteiger partial charge in [0.25, 0.3) is 0 Å². The minimum absolute atomic E-state index is 0.489. The van der Waals surface area contributed by atoms with E-state index in [1.807, 2.05) is 11.7 Å². The van der Waals surface area contributed by atoms with Crippen LogP contribution in [0.3, 0.4) is 0 Å². The molecule has 0 aliphatic heterocycles. The van der Waals surface area contributed by atoms with E-state index in [9.17, 15) is 0 Å². The van der Waals surface area contributed by atoms with Gasteiger partial charge in [-0.1, -0.05) is 11.3 Å². The summed E-state index contributed by atoms with van der Waals surface area (Å²) in [5, 5.41) is 13.5. The number of nitrogens with two attached hydrogens (primary N) is 1. The Hall–Kier alpha value is -1.43. The van der Waals surface area contributed by atoms with E-state index in [1.165, 1.54) is 29.9 Å². The highest BCUT2D eigenvalue weighted by Crippen LogP contribution is 2.41. The lowest BCUT2D eigenvalue weighted by Crippen LogP contribution is -1.95. The largest absolute Gasteiger partial charge is 0.374 e. The number of aryl methyl sites for hydroxylation is 1. The smallest absolute Gasteiger partial charge is 0.203 e. The Kier molecular flexibility index (Phi) is 1.79. The fourth-order valence-electron chi connectivity index (χ4n) is 1.69. The summed E-state index contributed by atoms with van der Waals surface area (Å²) in [6.07, 6.45) is 2.55. The van der Waals surface area contributed by atoms with E-state index in [0.29, 0.717) is 11.0 Å². The van der Waals surface area contributed by atoms with Gasteiger partial charge in [0.05, 0.1) is 0 Å². The second-order valence-corrected chi connectivity index (χ2v) is 4.81. The van der Waals surface area contributed by atoms with Gasteiger partial charge in [-0.3, -0.25) is 4.68 Å². The lowest BCUT2D eigenvalue weighted by atomic mass is 10.2. The van der Waals surface area contributed by atoms with E-state index in [1.54, 1.807) is 0 Å². The fourth-order valence-corrected chi connectivity index (χ4v) is 2.25. The molecule has 5 nitrogen and oxygen atoms in total. The number of anilines is 1. The van der Waals surface area contributed by atoms with Crippen LogP contribution in [-0.4, -0.2) is 20.0 Å². The van der Waals surface area contributed by atoms with E-state index >= 15 is 0 Å². The van der Waals surface area contributed by atoms with Crippen LogP contribution in [0.4, 0.5) is 5.13 Å². The first-order valence-corrected chi connectivity index (χ1v) is 5.69. The summed E-state index contributed by atoms with van der Waals surface area (Å²) in [4.78, 5) is 0. The molecule has 1 aliphatic rings. The molecule has 0 saturated heterocycles. The van der Waals surface area contributed by atoms with Crippen molar-refractivity contribution >= 4 is 16.5 Å². The third-order valence-corrected chi connectivity index (χ3v) is 3.35. The average Bonchev–Trinajstić information content (AvgIpc) is 2.84. The highest BCUT2D eigenvalue weighted by molar-refractivity contribution is 7.18. The van der Waals surface area contributed by atoms with Crippen LogP contribution in [0.2, 0.25) is 0 Å². The van der Waals surface area contributed by atoms with Crippen LogP contribution < -0.4 is 5.73 Å². The summed E-state index contributed by atoms with van der Waals surface area (Å²) < 4.78 is 1.94. The molecule has 0 amide bonds. The first-order chi connectivity index (χ1) is 7.24. The molecule has 0 bridgehead atoms. The molecule has 1 fully saturated rings. The molecular formula is C9H11N5S. The van der Waals surface area contributed by atoms with Crippen molar-refractivity contribution in [3.63, 3.8) is 0 Å². The predicted molar refractivity (Wildman–Crippen MR) is 58.5 cm³/mol. The molecule has 0 spiro atoms. The van der Waals surface area contributed by atoms with Gasteiger partial charge in [0.1, 0.15) is 5.69 Å². The first-order valence-electron chi connectivity index (χ1n) is 4.87. The van der Waals surface area contributed by atoms with Gasteiger partial charge >= 0.3 is 0 Å². The van der Waals surface area contributed by atoms with E-state index in [4.69, 9.17) is 5.73 Å². The number of hydrogen-bond donors (Lipinski definition) is 1. The van der Waals surface area contributed by atoms with Crippen LogP contribution in [0.25, 0.3) is 10.7 Å². The molecule has 15 heavy (non-hydrogen) atoms. The van der Waals surface area contributed by atoms with Gasteiger partial charge in [0.15, 0.2) is 5.01 Å². The number of nitrogen functional groups attached to an aromatic ring is 1. The molecule has 2 aromatic heterocycles. The van der Waals surface area contributed by atoms with Gasteiger partial charge in [0, 0.05) is 18.7 Å². The minimum atomic E-state index is 0.489. The third kappa shape index (κ3) is 1.50. The van der Waals surface area contributed by atoms with Gasteiger partial charge in [-0.25, -0.2) is 0 Å². The predicted octanol–water partition coefficient (Wildman–Crippen LogP) is 1.40. The van der Waals surface area contributed by atoms with Crippen molar-refractivity contribution in [2.75, 3.05) is 5.73 Å². The molecule has 1 aliphatic carbocycles. The highest BCUT2D eigenvalue weighted by Gasteiger charge is 2.27. The van der Waals surface area contributed by atoms with Gasteiger partial charge in [0.2, 0.25) is 5.13 Å². The summed E-state index contributed by atoms with van der Waals surface area (Å²) >= 11 is 1.37. The summed E-state index contributed by atoms with van der Waals surface area (Å²) in [5.74, 6) is 0.696. The van der Waals surface area contributed by atoms with E-state index in [0.717, 1.165) is 10.7 Å². The molecular weight excluding hydrogens is 210 g/mol. The molecule has 2 N–H and O–H groups in total. The zero-order chi connectivity index (χ0) is 10.4. The molecule has 78 valence electrons. The second kappa shape index (κ2) is 3.03. The quantitative estimate of drug-likeness (QED) is 0.832. The van der Waals surface area contributed by atoms with Crippen molar-refractivity contribution in [1.82, 2.24) is 20.0 Å². The molecule has 1 saturated carbocycles. The maximum Gasteiger partial charge on any atom is 0.203 e. The molecule has 0 unspecified atom stereocenters. The Labute approximate surface area is 90.9 Å². The maximum atomic E-state index is 5.54. The number of aromatic nitrogens is 4. The van der Waals surface area contributed by atoms with Crippen molar-refractivity contribution in [3.05, 3.63) is 11.8 Å². The summed E-state index contributed by atoms with van der Waals surface area (Å²) in [6.45, 7) is 0. The van der Waals surface area contributed by atoms with Crippen LogP contribution >= 0.6 is 11.3 Å². The third-order valence-electron chi connectivity index (χ3n) is 2.57. The number of hydrogen-bond acceptors (Lipinski definition) is 5. The van der Waals surface area contributed by atoms with E-state index < -0.39 is 0 Å². The monoisotopic (exact) mass is 221 g/mol. The molecule has 3 rings (SSSR count). The van der Waals surface area contributed by atoms with Gasteiger partial charge in [-0.2, -0.15) is 5.10 Å². The first kappa shape index (κ1) is 8.84. The Morgan fingerprint density at radius 2 is 2.27 bits per heavy atom. The topological polar surface area (TPSA) is 69.6 Å². The summed E-state index contributed by atoms with van der Waals surface area (Å²) in [7, 11) is 1.97. The van der Waals surface area contributed by atoms with Gasteiger partial charge < -0.3 is 5.73 Å². The Balaban J connectivity index is 2.01. The standard InChI is InChI=1S/C9H11N5S/c1-14-7(5-2-3-5)4-6(13-14)8-11-12-9(10)15-8/h4-5H,2-3H2,1H3,(H2,10,12). The Morgan fingerprint density at radius 1 is 1.47 bits per heavy atom. The van der Waals surface area contributed by atoms with Gasteiger partial charge in [-0.05, 0) is 18.9 Å². The number of nitrogens with zero attached hydrogens (tertiary/aromatic N) is 4. The SMILES string of the molecule is Cn1nc(-c2nnc(N)s2)cc1C1CC1. The lowest BCUT2D eigenvalue weighted by molar-refractivity contribution is 0.715. The molecule has 2 heterocycles. The normalized spacial score (nSPS) is 15.8. The van der Waals surface area contributed by atoms with Gasteiger partial charge in [-0.15, -0.1) is 10.2 Å². The zero-order valence-corrected chi connectivity index (χ0v) is 9.16. The van der Waals surface area contributed by atoms with Crippen LogP contribution in [0, 0.1) is 0 Å². The van der Waals surface area contributed by atoms with Crippen molar-refractivity contribution < 1.29 is 0 Å². The molecule has 6 heteroatoms. The van der Waals surface area contributed by atoms with Crippen LogP contribution in [-0.2, 0) is 7.05 Å². The fraction of sp³-hybridized carbons (Fsp3) is 0.444. The lowest BCUT2D eigenvalue weighted by Gasteiger charge is -1.94. The average molecular weight is 221 g/mol. The molecule has 2 aromatic rings. The highest BCUT2D eigenvalue weighted by atomic mass is 32.1.